The van der Waals surface area contributed by atoms with Crippen LogP contribution in [-0.2, 0) is 0 Å². The number of hydrogen-bond acceptors (Lipinski definition) is 2. The van der Waals surface area contributed by atoms with Gasteiger partial charge in [-0.05, 0) is 54.9 Å². The zero-order valence-electron chi connectivity index (χ0n) is 19.4. The van der Waals surface area contributed by atoms with E-state index in [2.05, 4.69) is 102 Å². The minimum absolute atomic E-state index is 1.04. The second-order valence-corrected chi connectivity index (χ2v) is 9.44. The van der Waals surface area contributed by atoms with Crippen LogP contribution in [0, 0.1) is 0 Å². The highest BCUT2D eigenvalue weighted by Crippen LogP contribution is 2.43. The summed E-state index contributed by atoms with van der Waals surface area (Å²) in [5.41, 5.74) is 5.82. The predicted octanol–water partition coefficient (Wildman–Crippen LogP) is 9.01. The van der Waals surface area contributed by atoms with Gasteiger partial charge in [0.05, 0.1) is 5.52 Å². The van der Waals surface area contributed by atoms with Gasteiger partial charge in [0.1, 0.15) is 0 Å². The fourth-order valence-corrected chi connectivity index (χ4v) is 5.92. The van der Waals surface area contributed by atoms with Crippen molar-refractivity contribution in [1.29, 1.82) is 0 Å². The van der Waals surface area contributed by atoms with E-state index in [1.807, 2.05) is 24.7 Å². The molecule has 2 heterocycles. The fourth-order valence-electron chi connectivity index (χ4n) is 5.92. The molecule has 0 aliphatic carbocycles. The summed E-state index contributed by atoms with van der Waals surface area (Å²) in [6.45, 7) is 0. The van der Waals surface area contributed by atoms with E-state index in [-0.39, 0.29) is 0 Å². The molecule has 0 amide bonds. The van der Waals surface area contributed by atoms with Crippen molar-refractivity contribution in [2.45, 2.75) is 0 Å². The van der Waals surface area contributed by atoms with E-state index in [0.717, 1.165) is 16.3 Å². The molecule has 2 heteroatoms. The summed E-state index contributed by atoms with van der Waals surface area (Å²) in [6, 6.07) is 37.2. The molecule has 6 aromatic carbocycles. The first-order valence-electron chi connectivity index (χ1n) is 12.2. The third-order valence-electron chi connectivity index (χ3n) is 7.55. The summed E-state index contributed by atoms with van der Waals surface area (Å²) in [7, 11) is 0. The van der Waals surface area contributed by atoms with Crippen molar-refractivity contribution >= 4 is 54.0 Å². The van der Waals surface area contributed by atoms with Gasteiger partial charge in [-0.2, -0.15) is 0 Å². The van der Waals surface area contributed by atoms with Crippen molar-refractivity contribution in [1.82, 2.24) is 9.97 Å². The van der Waals surface area contributed by atoms with Gasteiger partial charge in [-0.3, -0.25) is 9.97 Å². The van der Waals surface area contributed by atoms with E-state index in [1.165, 1.54) is 60.0 Å². The smallest absolute Gasteiger partial charge is 0.0780 e. The van der Waals surface area contributed by atoms with Crippen LogP contribution in [0.2, 0.25) is 0 Å². The van der Waals surface area contributed by atoms with Gasteiger partial charge >= 0.3 is 0 Å². The van der Waals surface area contributed by atoms with Gasteiger partial charge in [-0.1, -0.05) is 97.1 Å². The molecule has 0 bridgehead atoms. The van der Waals surface area contributed by atoms with Crippen LogP contribution in [0.3, 0.4) is 0 Å². The van der Waals surface area contributed by atoms with Crippen LogP contribution in [0.4, 0.5) is 0 Å². The van der Waals surface area contributed by atoms with Crippen LogP contribution in [0.5, 0.6) is 0 Å². The highest BCUT2D eigenvalue weighted by molar-refractivity contribution is 6.28. The molecule has 0 unspecified atom stereocenters. The number of nitrogens with zero attached hydrogens (tertiary/aromatic N) is 2. The maximum atomic E-state index is 4.74. The standard InChI is InChI=1S/C34H20N2/c1-2-8-25-24(5-1)19-35-20-31(25)27-15-11-22-12-16-28-26(14-10-21-13-17-29(27)33(22)32(21)28)30-9-3-6-23-7-4-18-36-34(23)30/h1-20H. The van der Waals surface area contributed by atoms with E-state index < -0.39 is 0 Å². The number of benzene rings is 6. The third-order valence-corrected chi connectivity index (χ3v) is 7.55. The number of fused-ring (bicyclic) bond motifs is 2. The van der Waals surface area contributed by atoms with E-state index in [0.29, 0.717) is 0 Å². The molecule has 0 N–H and O–H groups in total. The Balaban J connectivity index is 1.49. The van der Waals surface area contributed by atoms with Gasteiger partial charge in [0.25, 0.3) is 0 Å². The molecule has 8 aromatic rings. The Morgan fingerprint density at radius 1 is 0.389 bits per heavy atom. The number of aromatic nitrogens is 2. The van der Waals surface area contributed by atoms with Gasteiger partial charge in [0.15, 0.2) is 0 Å². The molecule has 0 saturated carbocycles. The molecule has 8 rings (SSSR count). The summed E-state index contributed by atoms with van der Waals surface area (Å²) < 4.78 is 0. The van der Waals surface area contributed by atoms with Crippen LogP contribution in [-0.4, -0.2) is 9.97 Å². The largest absolute Gasteiger partial charge is 0.263 e. The zero-order valence-corrected chi connectivity index (χ0v) is 19.4. The molecule has 2 nitrogen and oxygen atoms in total. The van der Waals surface area contributed by atoms with Gasteiger partial charge < -0.3 is 0 Å². The fraction of sp³-hybridized carbons (Fsp3) is 0. The van der Waals surface area contributed by atoms with Gasteiger partial charge in [-0.15, -0.1) is 0 Å². The van der Waals surface area contributed by atoms with E-state index in [1.54, 1.807) is 0 Å². The summed E-state index contributed by atoms with van der Waals surface area (Å²) in [4.78, 5) is 9.32. The second-order valence-electron chi connectivity index (χ2n) is 9.44. The second kappa shape index (κ2) is 7.34. The summed E-state index contributed by atoms with van der Waals surface area (Å²) in [6.07, 6.45) is 5.83. The molecule has 0 fully saturated rings. The van der Waals surface area contributed by atoms with Gasteiger partial charge in [0.2, 0.25) is 0 Å². The van der Waals surface area contributed by atoms with Crippen molar-refractivity contribution in [3.05, 3.63) is 122 Å². The number of para-hydroxylation sites is 1. The predicted molar refractivity (Wildman–Crippen MR) is 152 cm³/mol. The van der Waals surface area contributed by atoms with Crippen LogP contribution in [0.25, 0.3) is 76.2 Å². The Labute approximate surface area is 207 Å². The molecule has 36 heavy (non-hydrogen) atoms. The lowest BCUT2D eigenvalue weighted by Gasteiger charge is -2.17. The third kappa shape index (κ3) is 2.67. The summed E-state index contributed by atoms with van der Waals surface area (Å²) in [5, 5.41) is 11.2. The minimum Gasteiger partial charge on any atom is -0.263 e. The van der Waals surface area contributed by atoms with Crippen molar-refractivity contribution in [2.75, 3.05) is 0 Å². The lowest BCUT2D eigenvalue weighted by atomic mass is 9.86. The van der Waals surface area contributed by atoms with Crippen molar-refractivity contribution in [2.24, 2.45) is 0 Å². The zero-order chi connectivity index (χ0) is 23.6. The number of pyridine rings is 2. The Morgan fingerprint density at radius 2 is 1.06 bits per heavy atom. The molecule has 166 valence electrons. The number of hydrogen-bond donors (Lipinski definition) is 0. The summed E-state index contributed by atoms with van der Waals surface area (Å²) in [5.74, 6) is 0. The van der Waals surface area contributed by atoms with E-state index >= 15 is 0 Å². The summed E-state index contributed by atoms with van der Waals surface area (Å²) >= 11 is 0. The molecular formula is C34H20N2. The maximum absolute atomic E-state index is 4.74. The molecular weight excluding hydrogens is 436 g/mol. The molecule has 0 radical (unpaired) electrons. The average Bonchev–Trinajstić information content (AvgIpc) is 2.95. The molecule has 0 atom stereocenters. The van der Waals surface area contributed by atoms with Crippen molar-refractivity contribution < 1.29 is 0 Å². The maximum Gasteiger partial charge on any atom is 0.0780 e. The van der Waals surface area contributed by atoms with Crippen LogP contribution in [0.15, 0.2) is 122 Å². The van der Waals surface area contributed by atoms with Gasteiger partial charge in [0, 0.05) is 40.5 Å². The Kier molecular flexibility index (Phi) is 3.97. The van der Waals surface area contributed by atoms with Crippen molar-refractivity contribution in [3.63, 3.8) is 0 Å². The highest BCUT2D eigenvalue weighted by atomic mass is 14.6. The lowest BCUT2D eigenvalue weighted by Crippen LogP contribution is -1.91. The van der Waals surface area contributed by atoms with Crippen LogP contribution < -0.4 is 0 Å². The SMILES string of the molecule is c1ccc2c(-c3ccc4ccc5c(-c6cccc7cccnc67)ccc6ccc3c4c65)cncc2c1. The quantitative estimate of drug-likeness (QED) is 0.243. The highest BCUT2D eigenvalue weighted by Gasteiger charge is 2.16. The first-order valence-corrected chi connectivity index (χ1v) is 12.2. The molecule has 0 saturated heterocycles. The minimum atomic E-state index is 1.04. The monoisotopic (exact) mass is 456 g/mol. The van der Waals surface area contributed by atoms with E-state index in [4.69, 9.17) is 4.98 Å². The molecule has 0 aliphatic rings. The molecule has 0 aliphatic heterocycles. The first kappa shape index (κ1) is 19.5. The Hall–Kier alpha value is -4.82. The first-order chi connectivity index (χ1) is 17.9. The normalized spacial score (nSPS) is 11.9. The molecule has 2 aromatic heterocycles. The van der Waals surface area contributed by atoms with Gasteiger partial charge in [-0.25, -0.2) is 0 Å². The van der Waals surface area contributed by atoms with Crippen LogP contribution >= 0.6 is 0 Å². The average molecular weight is 457 g/mol. The topological polar surface area (TPSA) is 25.8 Å². The lowest BCUT2D eigenvalue weighted by molar-refractivity contribution is 1.36. The van der Waals surface area contributed by atoms with E-state index in [9.17, 15) is 0 Å². The number of rotatable bonds is 2. The van der Waals surface area contributed by atoms with Crippen LogP contribution in [0.1, 0.15) is 0 Å². The Bertz CT molecular complexity index is 1940. The molecule has 0 spiro atoms. The Morgan fingerprint density at radius 3 is 1.86 bits per heavy atom. The van der Waals surface area contributed by atoms with Crippen molar-refractivity contribution in [3.8, 4) is 22.3 Å².